The molecule has 1 atom stereocenters. The maximum absolute atomic E-state index is 12.7. The predicted molar refractivity (Wildman–Crippen MR) is 118 cm³/mol. The van der Waals surface area contributed by atoms with Crippen LogP contribution in [0.1, 0.15) is 39.3 Å². The number of likely N-dealkylation sites (tertiary alicyclic amines) is 1. The molecule has 1 aliphatic heterocycles. The highest BCUT2D eigenvalue weighted by Gasteiger charge is 2.30. The summed E-state index contributed by atoms with van der Waals surface area (Å²) in [7, 11) is 0. The fraction of sp³-hybridized carbons (Fsp3) is 0.333. The van der Waals surface area contributed by atoms with Gasteiger partial charge in [-0.15, -0.1) is 5.10 Å². The molecule has 3 aromatic rings. The van der Waals surface area contributed by atoms with Gasteiger partial charge in [0.05, 0.1) is 11.4 Å². The van der Waals surface area contributed by atoms with Gasteiger partial charge in [0.25, 0.3) is 5.91 Å². The Morgan fingerprint density at radius 2 is 1.87 bits per heavy atom. The van der Waals surface area contributed by atoms with Crippen LogP contribution in [0.15, 0.2) is 48.5 Å². The van der Waals surface area contributed by atoms with Crippen LogP contribution in [0.5, 0.6) is 0 Å². The molecule has 1 aliphatic rings. The third-order valence-electron chi connectivity index (χ3n) is 5.98. The molecule has 31 heavy (non-hydrogen) atoms. The number of carbonyl (C=O) groups is 2. The molecule has 0 aliphatic carbocycles. The van der Waals surface area contributed by atoms with E-state index in [2.05, 4.69) is 15.6 Å². The van der Waals surface area contributed by atoms with Gasteiger partial charge in [-0.2, -0.15) is 0 Å². The molecule has 0 radical (unpaired) electrons. The molecule has 1 fully saturated rings. The van der Waals surface area contributed by atoms with Gasteiger partial charge in [0.15, 0.2) is 5.69 Å². The summed E-state index contributed by atoms with van der Waals surface area (Å²) in [5.41, 5.74) is 5.29. The average molecular weight is 418 g/mol. The first-order chi connectivity index (χ1) is 14.9. The van der Waals surface area contributed by atoms with Crippen molar-refractivity contribution in [3.8, 4) is 5.69 Å². The molecule has 2 amide bonds. The maximum atomic E-state index is 12.7. The van der Waals surface area contributed by atoms with E-state index in [4.69, 9.17) is 0 Å². The van der Waals surface area contributed by atoms with Crippen LogP contribution in [0, 0.1) is 26.7 Å². The zero-order chi connectivity index (χ0) is 22.0. The van der Waals surface area contributed by atoms with E-state index in [9.17, 15) is 9.59 Å². The number of rotatable bonds is 6. The van der Waals surface area contributed by atoms with Gasteiger partial charge in [-0.05, 0) is 43.5 Å². The summed E-state index contributed by atoms with van der Waals surface area (Å²) < 4.78 is 1.71. The van der Waals surface area contributed by atoms with Crippen LogP contribution in [0.2, 0.25) is 0 Å². The van der Waals surface area contributed by atoms with E-state index in [1.807, 2.05) is 74.2 Å². The Morgan fingerprint density at radius 3 is 2.65 bits per heavy atom. The number of amides is 2. The highest BCUT2D eigenvalue weighted by molar-refractivity contribution is 5.93. The van der Waals surface area contributed by atoms with Gasteiger partial charge in [-0.25, -0.2) is 4.68 Å². The molecule has 0 bridgehead atoms. The largest absolute Gasteiger partial charge is 0.350 e. The number of nitrogens with one attached hydrogen (secondary N) is 1. The Morgan fingerprint density at radius 1 is 1.10 bits per heavy atom. The molecule has 4 rings (SSSR count). The summed E-state index contributed by atoms with van der Waals surface area (Å²) in [5.74, 6) is -0.0438. The van der Waals surface area contributed by atoms with Crippen LogP contribution in [0.4, 0.5) is 0 Å². The van der Waals surface area contributed by atoms with Crippen molar-refractivity contribution in [1.29, 1.82) is 0 Å². The SMILES string of the molecule is Cc1cccc(-n2nnc(C(=O)NCC3CC(=O)N(Cc4ccccc4)C3)c2C)c1C. The third kappa shape index (κ3) is 4.35. The molecular weight excluding hydrogens is 390 g/mol. The highest BCUT2D eigenvalue weighted by atomic mass is 16.2. The van der Waals surface area contributed by atoms with Crippen molar-refractivity contribution >= 4 is 11.8 Å². The highest BCUT2D eigenvalue weighted by Crippen LogP contribution is 2.21. The zero-order valence-corrected chi connectivity index (χ0v) is 18.1. The maximum Gasteiger partial charge on any atom is 0.273 e. The fourth-order valence-electron chi connectivity index (χ4n) is 4.00. The lowest BCUT2D eigenvalue weighted by molar-refractivity contribution is -0.128. The Bertz CT molecular complexity index is 1110. The summed E-state index contributed by atoms with van der Waals surface area (Å²) in [6, 6.07) is 15.9. The molecule has 1 aromatic heterocycles. The van der Waals surface area contributed by atoms with Crippen molar-refractivity contribution in [3.05, 3.63) is 76.6 Å². The number of carbonyl (C=O) groups excluding carboxylic acids is 2. The standard InChI is InChI=1S/C24H27N5O2/c1-16-8-7-11-21(17(16)2)29-18(3)23(26-27-29)24(31)25-13-20-12-22(30)28(15-20)14-19-9-5-4-6-10-19/h4-11,20H,12-15H2,1-3H3,(H,25,31). The monoisotopic (exact) mass is 417 g/mol. The fourth-order valence-corrected chi connectivity index (χ4v) is 4.00. The second kappa shape index (κ2) is 8.71. The Labute approximate surface area is 182 Å². The Hall–Kier alpha value is -3.48. The van der Waals surface area contributed by atoms with E-state index in [0.29, 0.717) is 37.4 Å². The molecule has 7 nitrogen and oxygen atoms in total. The van der Waals surface area contributed by atoms with Gasteiger partial charge < -0.3 is 10.2 Å². The first-order valence-electron chi connectivity index (χ1n) is 10.5. The van der Waals surface area contributed by atoms with Crippen molar-refractivity contribution in [2.24, 2.45) is 5.92 Å². The van der Waals surface area contributed by atoms with Crippen molar-refractivity contribution in [3.63, 3.8) is 0 Å². The molecule has 0 spiro atoms. The minimum Gasteiger partial charge on any atom is -0.350 e. The minimum atomic E-state index is -0.261. The van der Waals surface area contributed by atoms with Crippen molar-refractivity contribution in [2.45, 2.75) is 33.7 Å². The van der Waals surface area contributed by atoms with E-state index >= 15 is 0 Å². The molecular formula is C24H27N5O2. The predicted octanol–water partition coefficient (Wildman–Crippen LogP) is 2.97. The molecule has 2 aromatic carbocycles. The lowest BCUT2D eigenvalue weighted by Gasteiger charge is -2.17. The van der Waals surface area contributed by atoms with Crippen LogP contribution >= 0.6 is 0 Å². The zero-order valence-electron chi connectivity index (χ0n) is 18.1. The summed E-state index contributed by atoms with van der Waals surface area (Å²) >= 11 is 0. The van der Waals surface area contributed by atoms with Gasteiger partial charge in [0.2, 0.25) is 5.91 Å². The topological polar surface area (TPSA) is 80.1 Å². The number of aryl methyl sites for hydroxylation is 1. The van der Waals surface area contributed by atoms with Crippen molar-refractivity contribution < 1.29 is 9.59 Å². The van der Waals surface area contributed by atoms with E-state index < -0.39 is 0 Å². The number of nitrogens with zero attached hydrogens (tertiary/aromatic N) is 4. The van der Waals surface area contributed by atoms with Crippen molar-refractivity contribution in [1.82, 2.24) is 25.2 Å². The second-order valence-corrected chi connectivity index (χ2v) is 8.19. The van der Waals surface area contributed by atoms with Crippen LogP contribution in [-0.4, -0.2) is 44.8 Å². The van der Waals surface area contributed by atoms with Crippen LogP contribution in [0.25, 0.3) is 5.69 Å². The molecule has 0 saturated carbocycles. The lowest BCUT2D eigenvalue weighted by atomic mass is 10.1. The lowest BCUT2D eigenvalue weighted by Crippen LogP contribution is -2.31. The third-order valence-corrected chi connectivity index (χ3v) is 5.98. The minimum absolute atomic E-state index is 0.0922. The van der Waals surface area contributed by atoms with E-state index in [0.717, 1.165) is 22.4 Å². The molecule has 1 saturated heterocycles. The van der Waals surface area contributed by atoms with Gasteiger partial charge in [-0.1, -0.05) is 47.7 Å². The molecule has 1 unspecified atom stereocenters. The molecule has 1 N–H and O–H groups in total. The Kier molecular flexibility index (Phi) is 5.84. The number of hydrogen-bond acceptors (Lipinski definition) is 4. The van der Waals surface area contributed by atoms with Crippen LogP contribution in [0.3, 0.4) is 0 Å². The van der Waals surface area contributed by atoms with Crippen LogP contribution < -0.4 is 5.32 Å². The van der Waals surface area contributed by atoms with E-state index in [1.165, 1.54) is 0 Å². The summed E-state index contributed by atoms with van der Waals surface area (Å²) in [6.45, 7) is 7.60. The van der Waals surface area contributed by atoms with E-state index in [-0.39, 0.29) is 17.7 Å². The smallest absolute Gasteiger partial charge is 0.273 e. The molecule has 160 valence electrons. The van der Waals surface area contributed by atoms with Gasteiger partial charge in [0.1, 0.15) is 0 Å². The number of benzene rings is 2. The molecule has 2 heterocycles. The van der Waals surface area contributed by atoms with E-state index in [1.54, 1.807) is 4.68 Å². The summed E-state index contributed by atoms with van der Waals surface area (Å²) in [5, 5.41) is 11.3. The first kappa shape index (κ1) is 20.8. The normalized spacial score (nSPS) is 16.0. The summed E-state index contributed by atoms with van der Waals surface area (Å²) in [4.78, 5) is 27.0. The van der Waals surface area contributed by atoms with Gasteiger partial charge in [-0.3, -0.25) is 9.59 Å². The Balaban J connectivity index is 1.38. The number of hydrogen-bond donors (Lipinski definition) is 1. The second-order valence-electron chi connectivity index (χ2n) is 8.19. The van der Waals surface area contributed by atoms with Crippen LogP contribution in [-0.2, 0) is 11.3 Å². The molecule has 7 heteroatoms. The van der Waals surface area contributed by atoms with Crippen molar-refractivity contribution in [2.75, 3.05) is 13.1 Å². The quantitative estimate of drug-likeness (QED) is 0.669. The summed E-state index contributed by atoms with van der Waals surface area (Å²) in [6.07, 6.45) is 0.446. The average Bonchev–Trinajstić information content (AvgIpc) is 3.31. The first-order valence-corrected chi connectivity index (χ1v) is 10.5. The van der Waals surface area contributed by atoms with Gasteiger partial charge >= 0.3 is 0 Å². The van der Waals surface area contributed by atoms with Gasteiger partial charge in [0, 0.05) is 32.0 Å². The number of aromatic nitrogens is 3.